The van der Waals surface area contributed by atoms with E-state index in [0.29, 0.717) is 19.0 Å². The molecule has 1 amide bonds. The van der Waals surface area contributed by atoms with Gasteiger partial charge in [0.15, 0.2) is 0 Å². The van der Waals surface area contributed by atoms with Crippen LogP contribution in [0.4, 0.5) is 0 Å². The van der Waals surface area contributed by atoms with Crippen LogP contribution in [0.3, 0.4) is 0 Å². The van der Waals surface area contributed by atoms with E-state index < -0.39 is 0 Å². The van der Waals surface area contributed by atoms with E-state index >= 15 is 0 Å². The Kier molecular flexibility index (Phi) is 5.86. The smallest absolute Gasteiger partial charge is 0.223 e. The summed E-state index contributed by atoms with van der Waals surface area (Å²) in [4.78, 5) is 13.7. The Morgan fingerprint density at radius 1 is 1.39 bits per heavy atom. The highest BCUT2D eigenvalue weighted by atomic mass is 16.2. The summed E-state index contributed by atoms with van der Waals surface area (Å²) in [6.07, 6.45) is 0.556. The molecule has 0 saturated carbocycles. The lowest BCUT2D eigenvalue weighted by Gasteiger charge is -2.18. The van der Waals surface area contributed by atoms with Crippen LogP contribution < -0.4 is 5.32 Å². The number of rotatable bonds is 6. The molecule has 0 unspecified atom stereocenters. The summed E-state index contributed by atoms with van der Waals surface area (Å²) in [6, 6.07) is 8.71. The lowest BCUT2D eigenvalue weighted by Crippen LogP contribution is -2.31. The first-order valence-corrected chi connectivity index (χ1v) is 6.52. The molecule has 0 spiro atoms. The van der Waals surface area contributed by atoms with Gasteiger partial charge in [-0.1, -0.05) is 43.7 Å². The van der Waals surface area contributed by atoms with Crippen LogP contribution in [-0.2, 0) is 11.3 Å². The van der Waals surface area contributed by atoms with Crippen molar-refractivity contribution in [3.05, 3.63) is 35.4 Å². The first kappa shape index (κ1) is 14.7. The van der Waals surface area contributed by atoms with Crippen LogP contribution in [0.25, 0.3) is 0 Å². The summed E-state index contributed by atoms with van der Waals surface area (Å²) in [6.45, 7) is 7.66. The number of nitrogens with one attached hydrogen (secondary N) is 1. The van der Waals surface area contributed by atoms with E-state index in [0.717, 1.165) is 6.54 Å². The van der Waals surface area contributed by atoms with Crippen LogP contribution in [0.5, 0.6) is 0 Å². The molecule has 100 valence electrons. The van der Waals surface area contributed by atoms with Crippen LogP contribution in [0.15, 0.2) is 24.3 Å². The number of hydrogen-bond donors (Lipinski definition) is 1. The number of benzene rings is 1. The van der Waals surface area contributed by atoms with Gasteiger partial charge in [0.05, 0.1) is 0 Å². The predicted octanol–water partition coefficient (Wildman–Crippen LogP) is 2.34. The standard InChI is InChI=1S/C15H24N2O/c1-12(2)16-9-8-15(18)17(4)11-14-7-5-6-13(3)10-14/h5-7,10,12,16H,8-9,11H2,1-4H3. The molecule has 0 aliphatic heterocycles. The van der Waals surface area contributed by atoms with Gasteiger partial charge in [-0.2, -0.15) is 0 Å². The second-order valence-corrected chi connectivity index (χ2v) is 5.10. The average Bonchev–Trinajstić information content (AvgIpc) is 2.28. The Labute approximate surface area is 110 Å². The normalized spacial score (nSPS) is 10.7. The van der Waals surface area contributed by atoms with Crippen molar-refractivity contribution in [3.8, 4) is 0 Å². The third-order valence-electron chi connectivity index (χ3n) is 2.82. The summed E-state index contributed by atoms with van der Waals surface area (Å²) < 4.78 is 0. The molecular formula is C15H24N2O. The molecule has 3 heteroatoms. The molecule has 1 rings (SSSR count). The Morgan fingerprint density at radius 2 is 2.11 bits per heavy atom. The highest BCUT2D eigenvalue weighted by molar-refractivity contribution is 5.76. The summed E-state index contributed by atoms with van der Waals surface area (Å²) in [5.74, 6) is 0.185. The number of nitrogens with zero attached hydrogens (tertiary/aromatic N) is 1. The number of carbonyl (C=O) groups is 1. The van der Waals surface area contributed by atoms with Crippen molar-refractivity contribution in [2.45, 2.75) is 39.8 Å². The zero-order valence-electron chi connectivity index (χ0n) is 11.9. The molecule has 1 N–H and O–H groups in total. The van der Waals surface area contributed by atoms with Crippen molar-refractivity contribution in [3.63, 3.8) is 0 Å². The average molecular weight is 248 g/mol. The van der Waals surface area contributed by atoms with Crippen LogP contribution in [0.1, 0.15) is 31.4 Å². The van der Waals surface area contributed by atoms with E-state index in [-0.39, 0.29) is 5.91 Å². The van der Waals surface area contributed by atoms with E-state index in [1.165, 1.54) is 11.1 Å². The first-order chi connectivity index (χ1) is 8.49. The lowest BCUT2D eigenvalue weighted by molar-refractivity contribution is -0.130. The van der Waals surface area contributed by atoms with Crippen molar-refractivity contribution in [1.29, 1.82) is 0 Å². The maximum Gasteiger partial charge on any atom is 0.223 e. The molecule has 0 radical (unpaired) electrons. The molecule has 0 atom stereocenters. The Morgan fingerprint density at radius 3 is 2.72 bits per heavy atom. The fraction of sp³-hybridized carbons (Fsp3) is 0.533. The fourth-order valence-corrected chi connectivity index (χ4v) is 1.83. The Hall–Kier alpha value is -1.35. The van der Waals surface area contributed by atoms with Gasteiger partial charge in [0.25, 0.3) is 0 Å². The minimum Gasteiger partial charge on any atom is -0.341 e. The highest BCUT2D eigenvalue weighted by Crippen LogP contribution is 2.07. The van der Waals surface area contributed by atoms with Gasteiger partial charge < -0.3 is 10.2 Å². The third kappa shape index (κ3) is 5.32. The minimum absolute atomic E-state index is 0.185. The van der Waals surface area contributed by atoms with Crippen molar-refractivity contribution >= 4 is 5.91 Å². The molecule has 0 saturated heterocycles. The molecule has 1 aromatic carbocycles. The van der Waals surface area contributed by atoms with Crippen molar-refractivity contribution in [2.75, 3.05) is 13.6 Å². The monoisotopic (exact) mass is 248 g/mol. The van der Waals surface area contributed by atoms with Gasteiger partial charge in [0.2, 0.25) is 5.91 Å². The minimum atomic E-state index is 0.185. The van der Waals surface area contributed by atoms with Crippen molar-refractivity contribution < 1.29 is 4.79 Å². The van der Waals surface area contributed by atoms with Gasteiger partial charge >= 0.3 is 0 Å². The van der Waals surface area contributed by atoms with Crippen molar-refractivity contribution in [2.24, 2.45) is 0 Å². The van der Waals surface area contributed by atoms with Gasteiger partial charge in [-0.3, -0.25) is 4.79 Å². The number of carbonyl (C=O) groups excluding carboxylic acids is 1. The molecular weight excluding hydrogens is 224 g/mol. The quantitative estimate of drug-likeness (QED) is 0.838. The molecule has 0 bridgehead atoms. The molecule has 0 fully saturated rings. The lowest BCUT2D eigenvalue weighted by atomic mass is 10.1. The van der Waals surface area contributed by atoms with Gasteiger partial charge in [0, 0.05) is 32.6 Å². The van der Waals surface area contributed by atoms with Crippen LogP contribution >= 0.6 is 0 Å². The molecule has 3 nitrogen and oxygen atoms in total. The zero-order valence-corrected chi connectivity index (χ0v) is 11.9. The maximum atomic E-state index is 11.9. The highest BCUT2D eigenvalue weighted by Gasteiger charge is 2.09. The molecule has 0 aliphatic carbocycles. The third-order valence-corrected chi connectivity index (χ3v) is 2.82. The topological polar surface area (TPSA) is 32.3 Å². The Balaban J connectivity index is 2.40. The molecule has 0 aromatic heterocycles. The van der Waals surface area contributed by atoms with Gasteiger partial charge in [-0.05, 0) is 12.5 Å². The van der Waals surface area contributed by atoms with Crippen molar-refractivity contribution in [1.82, 2.24) is 10.2 Å². The Bertz CT molecular complexity index is 388. The second-order valence-electron chi connectivity index (χ2n) is 5.10. The number of amides is 1. The second kappa shape index (κ2) is 7.17. The van der Waals surface area contributed by atoms with E-state index in [4.69, 9.17) is 0 Å². The zero-order chi connectivity index (χ0) is 13.5. The van der Waals surface area contributed by atoms with E-state index in [1.54, 1.807) is 4.90 Å². The fourth-order valence-electron chi connectivity index (χ4n) is 1.83. The van der Waals surface area contributed by atoms with Crippen LogP contribution in [0.2, 0.25) is 0 Å². The van der Waals surface area contributed by atoms with Gasteiger partial charge in [-0.25, -0.2) is 0 Å². The summed E-state index contributed by atoms with van der Waals surface area (Å²) in [5, 5.41) is 3.26. The predicted molar refractivity (Wildman–Crippen MR) is 75.4 cm³/mol. The summed E-state index contributed by atoms with van der Waals surface area (Å²) in [7, 11) is 1.86. The van der Waals surface area contributed by atoms with Gasteiger partial charge in [0.1, 0.15) is 0 Å². The van der Waals surface area contributed by atoms with E-state index in [2.05, 4.69) is 44.3 Å². The molecule has 0 heterocycles. The van der Waals surface area contributed by atoms with E-state index in [1.807, 2.05) is 13.1 Å². The summed E-state index contributed by atoms with van der Waals surface area (Å²) in [5.41, 5.74) is 2.41. The van der Waals surface area contributed by atoms with Gasteiger partial charge in [-0.15, -0.1) is 0 Å². The molecule has 1 aromatic rings. The van der Waals surface area contributed by atoms with Crippen LogP contribution in [-0.4, -0.2) is 30.4 Å². The largest absolute Gasteiger partial charge is 0.341 e. The van der Waals surface area contributed by atoms with E-state index in [9.17, 15) is 4.79 Å². The van der Waals surface area contributed by atoms with Crippen LogP contribution in [0, 0.1) is 6.92 Å². The molecule has 0 aliphatic rings. The molecule has 18 heavy (non-hydrogen) atoms. The number of aryl methyl sites for hydroxylation is 1. The first-order valence-electron chi connectivity index (χ1n) is 6.52. The summed E-state index contributed by atoms with van der Waals surface area (Å²) >= 11 is 0. The SMILES string of the molecule is Cc1cccc(CN(C)C(=O)CCNC(C)C)c1. The maximum absolute atomic E-state index is 11.9. The number of hydrogen-bond acceptors (Lipinski definition) is 2.